The number of halogens is 1. The molecule has 0 aliphatic carbocycles. The van der Waals surface area contributed by atoms with Gasteiger partial charge in [0.05, 0.1) is 11.7 Å². The number of aromatic nitrogens is 3. The summed E-state index contributed by atoms with van der Waals surface area (Å²) in [5, 5.41) is 21.8. The number of rotatable bonds is 4. The summed E-state index contributed by atoms with van der Waals surface area (Å²) in [6.45, 7) is -0.0145. The highest BCUT2D eigenvalue weighted by Crippen LogP contribution is 2.19. The highest BCUT2D eigenvalue weighted by Gasteiger charge is 2.07. The van der Waals surface area contributed by atoms with Crippen LogP contribution >= 0.6 is 11.6 Å². The number of fused-ring (bicyclic) bond motifs is 1. The van der Waals surface area contributed by atoms with Crippen molar-refractivity contribution in [3.8, 4) is 5.75 Å². The topological polar surface area (TPSA) is 92.4 Å². The second-order valence-electron chi connectivity index (χ2n) is 4.73. The predicted octanol–water partition coefficient (Wildman–Crippen LogP) is 1.94. The van der Waals surface area contributed by atoms with Gasteiger partial charge in [-0.2, -0.15) is 5.10 Å². The number of carbonyl (C=O) groups excluding carboxylic acids is 1. The molecule has 116 valence electrons. The van der Waals surface area contributed by atoms with Gasteiger partial charge in [0.1, 0.15) is 17.8 Å². The molecular weight excluding hydrogens is 318 g/mol. The fraction of sp³-hybridized carbons (Fsp3) is 0.0667. The average molecular weight is 330 g/mol. The first-order valence-electron chi connectivity index (χ1n) is 6.72. The van der Waals surface area contributed by atoms with Crippen LogP contribution in [0.25, 0.3) is 11.0 Å². The first-order valence-corrected chi connectivity index (χ1v) is 7.10. The molecule has 0 atom stereocenters. The molecule has 0 saturated carbocycles. The summed E-state index contributed by atoms with van der Waals surface area (Å²) in [6, 6.07) is 11.9. The van der Waals surface area contributed by atoms with Gasteiger partial charge in [0, 0.05) is 10.6 Å². The maximum Gasteiger partial charge on any atom is 0.261 e. The molecule has 23 heavy (non-hydrogen) atoms. The SMILES string of the molecule is O=C(Cn1nnc2ccccc21)NN=Cc1cc(Cl)ccc1O. The molecule has 2 aromatic carbocycles. The quantitative estimate of drug-likeness (QED) is 0.565. The minimum Gasteiger partial charge on any atom is -0.507 e. The van der Waals surface area contributed by atoms with E-state index in [9.17, 15) is 9.90 Å². The maximum absolute atomic E-state index is 11.9. The van der Waals surface area contributed by atoms with E-state index in [4.69, 9.17) is 11.6 Å². The summed E-state index contributed by atoms with van der Waals surface area (Å²) in [5.74, 6) is -0.340. The molecule has 3 aromatic rings. The number of nitrogens with zero attached hydrogens (tertiary/aromatic N) is 4. The van der Waals surface area contributed by atoms with E-state index < -0.39 is 0 Å². The van der Waals surface area contributed by atoms with Crippen LogP contribution < -0.4 is 5.43 Å². The standard InChI is InChI=1S/C15H12ClN5O2/c16-11-5-6-14(22)10(7-11)8-17-19-15(23)9-21-13-4-2-1-3-12(13)18-20-21/h1-8,22H,9H2,(H,19,23). The number of benzene rings is 2. The van der Waals surface area contributed by atoms with Gasteiger partial charge in [-0.15, -0.1) is 5.10 Å². The van der Waals surface area contributed by atoms with E-state index >= 15 is 0 Å². The first-order chi connectivity index (χ1) is 11.1. The molecule has 0 aliphatic heterocycles. The lowest BCUT2D eigenvalue weighted by Crippen LogP contribution is -2.23. The van der Waals surface area contributed by atoms with Crippen molar-refractivity contribution in [2.24, 2.45) is 5.10 Å². The number of nitrogens with one attached hydrogen (secondary N) is 1. The molecule has 7 nitrogen and oxygen atoms in total. The Morgan fingerprint density at radius 1 is 1.35 bits per heavy atom. The molecular formula is C15H12ClN5O2. The van der Waals surface area contributed by atoms with E-state index in [-0.39, 0.29) is 18.2 Å². The molecule has 1 aromatic heterocycles. The number of amides is 1. The Kier molecular flexibility index (Phi) is 4.20. The maximum atomic E-state index is 11.9. The Bertz CT molecular complexity index is 890. The van der Waals surface area contributed by atoms with Crippen molar-refractivity contribution in [3.05, 3.63) is 53.1 Å². The number of hydrogen-bond donors (Lipinski definition) is 2. The second kappa shape index (κ2) is 6.45. The van der Waals surface area contributed by atoms with Crippen LogP contribution in [0.3, 0.4) is 0 Å². The highest BCUT2D eigenvalue weighted by atomic mass is 35.5. The molecule has 1 amide bonds. The minimum atomic E-state index is -0.363. The fourth-order valence-electron chi connectivity index (χ4n) is 2.01. The van der Waals surface area contributed by atoms with Crippen molar-refractivity contribution in [2.45, 2.75) is 6.54 Å². The molecule has 0 fully saturated rings. The van der Waals surface area contributed by atoms with Gasteiger partial charge in [0.15, 0.2) is 0 Å². The number of hydrogen-bond acceptors (Lipinski definition) is 5. The molecule has 0 radical (unpaired) electrons. The number of carbonyl (C=O) groups is 1. The monoisotopic (exact) mass is 329 g/mol. The molecule has 0 spiro atoms. The zero-order chi connectivity index (χ0) is 16.2. The molecule has 0 unspecified atom stereocenters. The molecule has 1 heterocycles. The van der Waals surface area contributed by atoms with Gasteiger partial charge in [-0.05, 0) is 30.3 Å². The second-order valence-corrected chi connectivity index (χ2v) is 5.17. The molecule has 2 N–H and O–H groups in total. The Hall–Kier alpha value is -2.93. The van der Waals surface area contributed by atoms with Crippen LogP contribution in [0.1, 0.15) is 5.56 Å². The summed E-state index contributed by atoms with van der Waals surface area (Å²) in [6.07, 6.45) is 1.32. The fourth-order valence-corrected chi connectivity index (χ4v) is 2.19. The van der Waals surface area contributed by atoms with E-state index in [2.05, 4.69) is 20.8 Å². The highest BCUT2D eigenvalue weighted by molar-refractivity contribution is 6.30. The third kappa shape index (κ3) is 3.46. The minimum absolute atomic E-state index is 0.0145. The first kappa shape index (κ1) is 15.0. The van der Waals surface area contributed by atoms with Crippen LogP contribution in [0, 0.1) is 0 Å². The van der Waals surface area contributed by atoms with Gasteiger partial charge < -0.3 is 5.11 Å². The average Bonchev–Trinajstić information content (AvgIpc) is 2.94. The van der Waals surface area contributed by atoms with Crippen molar-refractivity contribution in [1.82, 2.24) is 20.4 Å². The number of para-hydroxylation sites is 1. The largest absolute Gasteiger partial charge is 0.507 e. The Morgan fingerprint density at radius 2 is 2.17 bits per heavy atom. The Morgan fingerprint density at radius 3 is 3.04 bits per heavy atom. The van der Waals surface area contributed by atoms with E-state index in [0.717, 1.165) is 5.52 Å². The molecule has 0 saturated heterocycles. The smallest absolute Gasteiger partial charge is 0.261 e. The van der Waals surface area contributed by atoms with Gasteiger partial charge >= 0.3 is 0 Å². The van der Waals surface area contributed by atoms with Crippen LogP contribution in [-0.4, -0.2) is 32.2 Å². The number of phenolic OH excluding ortho intramolecular Hbond substituents is 1. The summed E-state index contributed by atoms with van der Waals surface area (Å²) < 4.78 is 1.48. The van der Waals surface area contributed by atoms with Gasteiger partial charge in [0.2, 0.25) is 0 Å². The third-order valence-corrected chi connectivity index (χ3v) is 3.33. The van der Waals surface area contributed by atoms with E-state index in [0.29, 0.717) is 16.1 Å². The Balaban J connectivity index is 1.66. The lowest BCUT2D eigenvalue weighted by atomic mass is 10.2. The van der Waals surface area contributed by atoms with Crippen molar-refractivity contribution >= 4 is 34.8 Å². The number of hydrazone groups is 1. The number of phenols is 1. The Labute approximate surface area is 136 Å². The van der Waals surface area contributed by atoms with Crippen molar-refractivity contribution in [3.63, 3.8) is 0 Å². The summed E-state index contributed by atoms with van der Waals surface area (Å²) >= 11 is 5.83. The number of aromatic hydroxyl groups is 1. The van der Waals surface area contributed by atoms with Crippen molar-refractivity contribution < 1.29 is 9.90 Å². The zero-order valence-corrected chi connectivity index (χ0v) is 12.6. The molecule has 3 rings (SSSR count). The van der Waals surface area contributed by atoms with Crippen LogP contribution in [-0.2, 0) is 11.3 Å². The zero-order valence-electron chi connectivity index (χ0n) is 11.8. The van der Waals surface area contributed by atoms with Crippen LogP contribution in [0.5, 0.6) is 5.75 Å². The summed E-state index contributed by atoms with van der Waals surface area (Å²) in [7, 11) is 0. The summed E-state index contributed by atoms with van der Waals surface area (Å²) in [5.41, 5.74) is 4.25. The lowest BCUT2D eigenvalue weighted by Gasteiger charge is -2.02. The van der Waals surface area contributed by atoms with Gasteiger partial charge in [-0.1, -0.05) is 28.9 Å². The lowest BCUT2D eigenvalue weighted by molar-refractivity contribution is -0.121. The van der Waals surface area contributed by atoms with Crippen LogP contribution in [0.2, 0.25) is 5.02 Å². The predicted molar refractivity (Wildman–Crippen MR) is 86.4 cm³/mol. The normalized spacial score (nSPS) is 11.2. The van der Waals surface area contributed by atoms with Crippen LogP contribution in [0.4, 0.5) is 0 Å². The van der Waals surface area contributed by atoms with E-state index in [1.165, 1.54) is 23.0 Å². The van der Waals surface area contributed by atoms with E-state index in [1.807, 2.05) is 24.3 Å². The third-order valence-electron chi connectivity index (χ3n) is 3.10. The molecule has 0 bridgehead atoms. The van der Waals surface area contributed by atoms with Crippen molar-refractivity contribution in [1.29, 1.82) is 0 Å². The van der Waals surface area contributed by atoms with E-state index in [1.54, 1.807) is 6.07 Å². The molecule has 0 aliphatic rings. The van der Waals surface area contributed by atoms with Gasteiger partial charge in [0.25, 0.3) is 5.91 Å². The van der Waals surface area contributed by atoms with Crippen LogP contribution in [0.15, 0.2) is 47.6 Å². The van der Waals surface area contributed by atoms with Crippen molar-refractivity contribution in [2.75, 3.05) is 0 Å². The van der Waals surface area contributed by atoms with Gasteiger partial charge in [-0.3, -0.25) is 4.79 Å². The molecule has 8 heteroatoms. The van der Waals surface area contributed by atoms with Gasteiger partial charge in [-0.25, -0.2) is 10.1 Å². The summed E-state index contributed by atoms with van der Waals surface area (Å²) in [4.78, 5) is 11.9.